The molecule has 2 aromatic rings. The molecule has 0 amide bonds. The molecule has 4 rings (SSSR count). The first kappa shape index (κ1) is 15.7. The average Bonchev–Trinajstić information content (AvgIpc) is 3.17. The third-order valence-corrected chi connectivity index (χ3v) is 5.19. The molecular weight excluding hydrogens is 302 g/mol. The van der Waals surface area contributed by atoms with Crippen molar-refractivity contribution in [1.29, 1.82) is 0 Å². The molecule has 0 aliphatic carbocycles. The van der Waals surface area contributed by atoms with Crippen LogP contribution >= 0.6 is 0 Å². The van der Waals surface area contributed by atoms with Gasteiger partial charge in [0.1, 0.15) is 11.5 Å². The maximum atomic E-state index is 5.59. The first-order valence-corrected chi connectivity index (χ1v) is 8.80. The Hall–Kier alpha value is -1.85. The summed E-state index contributed by atoms with van der Waals surface area (Å²) in [5.74, 6) is 2.03. The molecule has 0 N–H and O–H groups in total. The normalized spacial score (nSPS) is 18.6. The molecule has 0 unspecified atom stereocenters. The number of hydrogen-bond donors (Lipinski definition) is 0. The Kier molecular flexibility index (Phi) is 4.29. The van der Waals surface area contributed by atoms with Crippen LogP contribution in [0.25, 0.3) is 0 Å². The standard InChI is InChI=1S/C19H25N3O2/c1-14-18(15(2)24-20-14)13-22-8-6-21(7-9-22)12-16-3-4-19-17(11-16)5-10-23-19/h3-4,11H,5-10,12-13H2,1-2H3. The van der Waals surface area contributed by atoms with Crippen molar-refractivity contribution < 1.29 is 9.26 Å². The summed E-state index contributed by atoms with van der Waals surface area (Å²) in [5.41, 5.74) is 5.04. The van der Waals surface area contributed by atoms with E-state index in [-0.39, 0.29) is 0 Å². The van der Waals surface area contributed by atoms with Crippen LogP contribution in [0.2, 0.25) is 0 Å². The molecule has 5 nitrogen and oxygen atoms in total. The van der Waals surface area contributed by atoms with Crippen molar-refractivity contribution in [2.45, 2.75) is 33.4 Å². The van der Waals surface area contributed by atoms with Gasteiger partial charge in [0.05, 0.1) is 12.3 Å². The van der Waals surface area contributed by atoms with Crippen LogP contribution in [0, 0.1) is 13.8 Å². The van der Waals surface area contributed by atoms with E-state index in [1.54, 1.807) is 0 Å². The Morgan fingerprint density at radius 3 is 2.50 bits per heavy atom. The lowest BCUT2D eigenvalue weighted by atomic mass is 10.1. The molecule has 1 saturated heterocycles. The monoisotopic (exact) mass is 327 g/mol. The van der Waals surface area contributed by atoms with E-state index in [2.05, 4.69) is 33.2 Å². The Morgan fingerprint density at radius 1 is 1.04 bits per heavy atom. The van der Waals surface area contributed by atoms with E-state index < -0.39 is 0 Å². The van der Waals surface area contributed by atoms with Crippen molar-refractivity contribution in [1.82, 2.24) is 15.0 Å². The summed E-state index contributed by atoms with van der Waals surface area (Å²) < 4.78 is 10.9. The second-order valence-corrected chi connectivity index (χ2v) is 6.90. The van der Waals surface area contributed by atoms with E-state index in [1.165, 1.54) is 16.7 Å². The molecule has 1 aromatic heterocycles. The van der Waals surface area contributed by atoms with Crippen molar-refractivity contribution >= 4 is 0 Å². The van der Waals surface area contributed by atoms with Gasteiger partial charge < -0.3 is 9.26 Å². The predicted molar refractivity (Wildman–Crippen MR) is 92.2 cm³/mol. The highest BCUT2D eigenvalue weighted by molar-refractivity contribution is 5.39. The highest BCUT2D eigenvalue weighted by Gasteiger charge is 2.20. The van der Waals surface area contributed by atoms with E-state index in [4.69, 9.17) is 9.26 Å². The molecule has 0 saturated carbocycles. The molecular formula is C19H25N3O2. The van der Waals surface area contributed by atoms with Gasteiger partial charge in [-0.2, -0.15) is 0 Å². The minimum absolute atomic E-state index is 0.833. The highest BCUT2D eigenvalue weighted by atomic mass is 16.5. The van der Waals surface area contributed by atoms with Gasteiger partial charge in [-0.05, 0) is 31.0 Å². The molecule has 0 spiro atoms. The van der Waals surface area contributed by atoms with Crippen molar-refractivity contribution in [2.24, 2.45) is 0 Å². The zero-order valence-corrected chi connectivity index (χ0v) is 14.5. The van der Waals surface area contributed by atoms with Gasteiger partial charge in [-0.3, -0.25) is 9.80 Å². The largest absolute Gasteiger partial charge is 0.493 e. The minimum atomic E-state index is 0.833. The molecule has 3 heterocycles. The van der Waals surface area contributed by atoms with Crippen molar-refractivity contribution in [3.8, 4) is 5.75 Å². The van der Waals surface area contributed by atoms with E-state index in [1.807, 2.05) is 13.8 Å². The molecule has 2 aliphatic rings. The van der Waals surface area contributed by atoms with Gasteiger partial charge in [-0.15, -0.1) is 0 Å². The van der Waals surface area contributed by atoms with Crippen LogP contribution in [-0.4, -0.2) is 47.7 Å². The van der Waals surface area contributed by atoms with Crippen LogP contribution in [0.4, 0.5) is 0 Å². The number of piperazine rings is 1. The molecule has 1 fully saturated rings. The zero-order valence-electron chi connectivity index (χ0n) is 14.5. The number of hydrogen-bond acceptors (Lipinski definition) is 5. The Bertz CT molecular complexity index is 698. The smallest absolute Gasteiger partial charge is 0.138 e. The number of aromatic nitrogens is 1. The van der Waals surface area contributed by atoms with Crippen LogP contribution in [0.15, 0.2) is 22.7 Å². The van der Waals surface area contributed by atoms with Gasteiger partial charge in [0.25, 0.3) is 0 Å². The van der Waals surface area contributed by atoms with E-state index in [0.717, 1.165) is 69.5 Å². The Morgan fingerprint density at radius 2 is 1.79 bits per heavy atom. The summed E-state index contributed by atoms with van der Waals surface area (Å²) >= 11 is 0. The second kappa shape index (κ2) is 6.57. The molecule has 0 bridgehead atoms. The van der Waals surface area contributed by atoms with Crippen LogP contribution in [0.3, 0.4) is 0 Å². The second-order valence-electron chi connectivity index (χ2n) is 6.90. The molecule has 0 radical (unpaired) electrons. The molecule has 128 valence electrons. The molecule has 5 heteroatoms. The summed E-state index contributed by atoms with van der Waals surface area (Å²) in [4.78, 5) is 5.04. The first-order valence-electron chi connectivity index (χ1n) is 8.80. The van der Waals surface area contributed by atoms with Crippen LogP contribution in [-0.2, 0) is 19.5 Å². The zero-order chi connectivity index (χ0) is 16.5. The average molecular weight is 327 g/mol. The van der Waals surface area contributed by atoms with Gasteiger partial charge in [0, 0.05) is 51.3 Å². The minimum Gasteiger partial charge on any atom is -0.493 e. The number of aryl methyl sites for hydroxylation is 2. The quantitative estimate of drug-likeness (QED) is 0.863. The van der Waals surface area contributed by atoms with Crippen LogP contribution < -0.4 is 4.74 Å². The fourth-order valence-corrected chi connectivity index (χ4v) is 3.65. The Labute approximate surface area is 143 Å². The number of rotatable bonds is 4. The van der Waals surface area contributed by atoms with Gasteiger partial charge in [0.2, 0.25) is 0 Å². The molecule has 1 aromatic carbocycles. The van der Waals surface area contributed by atoms with Crippen LogP contribution in [0.5, 0.6) is 5.75 Å². The number of benzene rings is 1. The lowest BCUT2D eigenvalue weighted by molar-refractivity contribution is 0.121. The lowest BCUT2D eigenvalue weighted by Crippen LogP contribution is -2.45. The third kappa shape index (κ3) is 3.19. The van der Waals surface area contributed by atoms with Crippen LogP contribution in [0.1, 0.15) is 28.1 Å². The summed E-state index contributed by atoms with van der Waals surface area (Å²) in [6.45, 7) is 11.3. The summed E-state index contributed by atoms with van der Waals surface area (Å²) in [7, 11) is 0. The van der Waals surface area contributed by atoms with E-state index >= 15 is 0 Å². The van der Waals surface area contributed by atoms with Crippen molar-refractivity contribution in [2.75, 3.05) is 32.8 Å². The fourth-order valence-electron chi connectivity index (χ4n) is 3.65. The fraction of sp³-hybridized carbons (Fsp3) is 0.526. The molecule has 2 aliphatic heterocycles. The summed E-state index contributed by atoms with van der Waals surface area (Å²) in [6, 6.07) is 6.66. The lowest BCUT2D eigenvalue weighted by Gasteiger charge is -2.34. The van der Waals surface area contributed by atoms with Crippen molar-refractivity contribution in [3.63, 3.8) is 0 Å². The topological polar surface area (TPSA) is 41.7 Å². The summed E-state index contributed by atoms with van der Waals surface area (Å²) in [6.07, 6.45) is 1.05. The Balaban J connectivity index is 1.31. The highest BCUT2D eigenvalue weighted by Crippen LogP contribution is 2.26. The SMILES string of the molecule is Cc1noc(C)c1CN1CCN(Cc2ccc3c(c2)CCO3)CC1. The van der Waals surface area contributed by atoms with E-state index in [0.29, 0.717) is 0 Å². The van der Waals surface area contributed by atoms with Gasteiger partial charge in [-0.25, -0.2) is 0 Å². The molecule has 24 heavy (non-hydrogen) atoms. The third-order valence-electron chi connectivity index (χ3n) is 5.19. The molecule has 0 atom stereocenters. The van der Waals surface area contributed by atoms with Gasteiger partial charge >= 0.3 is 0 Å². The number of fused-ring (bicyclic) bond motifs is 1. The number of ether oxygens (including phenoxy) is 1. The summed E-state index contributed by atoms with van der Waals surface area (Å²) in [5, 5.41) is 4.06. The maximum absolute atomic E-state index is 5.59. The van der Waals surface area contributed by atoms with Gasteiger partial charge in [0.15, 0.2) is 0 Å². The first-order chi connectivity index (χ1) is 11.7. The van der Waals surface area contributed by atoms with E-state index in [9.17, 15) is 0 Å². The predicted octanol–water partition coefficient (Wildman–Crippen LogP) is 2.54. The van der Waals surface area contributed by atoms with Crippen molar-refractivity contribution in [3.05, 3.63) is 46.3 Å². The number of nitrogens with zero attached hydrogens (tertiary/aromatic N) is 3. The van der Waals surface area contributed by atoms with Gasteiger partial charge in [-0.1, -0.05) is 17.3 Å². The maximum Gasteiger partial charge on any atom is 0.138 e.